The highest BCUT2D eigenvalue weighted by atomic mass is 32.2. The van der Waals surface area contributed by atoms with E-state index in [9.17, 15) is 39.6 Å². The van der Waals surface area contributed by atoms with Gasteiger partial charge < -0.3 is 15.2 Å². The minimum absolute atomic E-state index is 0.113. The zero-order chi connectivity index (χ0) is 30.0. The Morgan fingerprint density at radius 1 is 1.15 bits per heavy atom. The lowest BCUT2D eigenvalue weighted by Gasteiger charge is -2.55. The molecule has 222 valence electrons. The highest BCUT2D eigenvalue weighted by Gasteiger charge is 2.64. The van der Waals surface area contributed by atoms with E-state index in [1.54, 1.807) is 13.0 Å². The van der Waals surface area contributed by atoms with Gasteiger partial charge in [-0.2, -0.15) is 26.3 Å². The molecule has 41 heavy (non-hydrogen) atoms. The quantitative estimate of drug-likeness (QED) is 0.318. The second kappa shape index (κ2) is 9.52. The summed E-state index contributed by atoms with van der Waals surface area (Å²) in [5, 5.41) is 0. The van der Waals surface area contributed by atoms with Crippen LogP contribution in [-0.2, 0) is 24.3 Å². The lowest BCUT2D eigenvalue weighted by atomic mass is 9.69. The summed E-state index contributed by atoms with van der Waals surface area (Å²) in [6, 6.07) is 4.26. The number of carbonyl (C=O) groups excluding carboxylic acids is 1. The number of anilines is 1. The van der Waals surface area contributed by atoms with E-state index in [4.69, 9.17) is 10.5 Å². The smallest absolute Gasteiger partial charge is 0.443 e. The monoisotopic (exact) mass is 608 g/mol. The van der Waals surface area contributed by atoms with Crippen molar-refractivity contribution in [3.63, 3.8) is 0 Å². The van der Waals surface area contributed by atoms with Gasteiger partial charge in [0.25, 0.3) is 0 Å². The second-order valence-corrected chi connectivity index (χ2v) is 11.8. The summed E-state index contributed by atoms with van der Waals surface area (Å²) in [4.78, 5) is 23.3. The van der Waals surface area contributed by atoms with Crippen molar-refractivity contribution in [3.05, 3.63) is 36.3 Å². The molecule has 4 heterocycles. The van der Waals surface area contributed by atoms with Gasteiger partial charge in [0.2, 0.25) is 27.9 Å². The van der Waals surface area contributed by atoms with Crippen molar-refractivity contribution in [2.45, 2.75) is 67.1 Å². The molecule has 3 aromatic rings. The normalized spacial score (nSPS) is 24.0. The number of alkyl halides is 6. The van der Waals surface area contributed by atoms with Crippen LogP contribution in [-0.4, -0.2) is 69.9 Å². The predicted octanol–water partition coefficient (Wildman–Crippen LogP) is 3.08. The zero-order valence-corrected chi connectivity index (χ0v) is 21.9. The molecular formula is C23H22F6N6O5S. The first-order chi connectivity index (χ1) is 18.9. The van der Waals surface area contributed by atoms with Crippen LogP contribution in [0.25, 0.3) is 17.0 Å². The number of fused-ring (bicyclic) bond motifs is 4. The van der Waals surface area contributed by atoms with Gasteiger partial charge in [-0.15, -0.1) is 0 Å². The molecule has 3 fully saturated rings. The molecule has 2 bridgehead atoms. The number of rotatable bonds is 6. The molecule has 1 atom stereocenters. The summed E-state index contributed by atoms with van der Waals surface area (Å²) < 4.78 is 119. The maximum absolute atomic E-state index is 13.7. The molecule has 3 N–H and O–H groups in total. The van der Waals surface area contributed by atoms with Crippen molar-refractivity contribution in [2.24, 2.45) is 0 Å². The van der Waals surface area contributed by atoms with E-state index in [-0.39, 0.29) is 29.5 Å². The summed E-state index contributed by atoms with van der Waals surface area (Å²) in [6.07, 6.45) is -12.8. The van der Waals surface area contributed by atoms with Gasteiger partial charge >= 0.3 is 18.3 Å². The fraction of sp³-hybridized carbons (Fsp3) is 0.478. The molecule has 1 unspecified atom stereocenters. The molecule has 2 aromatic heterocycles. The first kappa shape index (κ1) is 29.0. The van der Waals surface area contributed by atoms with Crippen molar-refractivity contribution < 1.29 is 49.0 Å². The van der Waals surface area contributed by atoms with Crippen LogP contribution < -0.4 is 10.5 Å². The fourth-order valence-electron chi connectivity index (χ4n) is 5.19. The van der Waals surface area contributed by atoms with Gasteiger partial charge in [-0.1, -0.05) is 6.07 Å². The molecule has 0 spiro atoms. The van der Waals surface area contributed by atoms with Crippen LogP contribution >= 0.6 is 0 Å². The summed E-state index contributed by atoms with van der Waals surface area (Å²) in [5.74, 6) is -2.64. The number of nitrogens with one attached hydrogen (secondary N) is 1. The molecular weight excluding hydrogens is 586 g/mol. The Morgan fingerprint density at radius 3 is 2.39 bits per heavy atom. The maximum atomic E-state index is 13.7. The van der Waals surface area contributed by atoms with Crippen LogP contribution in [0.3, 0.4) is 0 Å². The number of imidazole rings is 1. The van der Waals surface area contributed by atoms with Crippen LogP contribution in [0.1, 0.15) is 31.2 Å². The highest BCUT2D eigenvalue weighted by Crippen LogP contribution is 2.50. The average Bonchev–Trinajstić information content (AvgIpc) is 3.32. The Labute approximate surface area is 228 Å². The molecule has 6 rings (SSSR count). The molecule has 3 aliphatic rings. The van der Waals surface area contributed by atoms with Gasteiger partial charge in [-0.3, -0.25) is 4.40 Å². The van der Waals surface area contributed by atoms with Crippen LogP contribution in [0.5, 0.6) is 0 Å². The SMILES string of the molecule is Cc1ccc(S(=O)(=O)NC23CCC(C(OC(=O)C(F)(F)F)C(F)(F)F)(CC2)OC3)cc1-c1cn2c(N)ncnc2n1. The summed E-state index contributed by atoms with van der Waals surface area (Å²) in [7, 11) is -4.27. The number of esters is 1. The Bertz CT molecular complexity index is 1600. The lowest BCUT2D eigenvalue weighted by molar-refractivity contribution is -0.308. The largest absolute Gasteiger partial charge is 0.490 e. The number of benzene rings is 1. The molecule has 2 saturated heterocycles. The topological polar surface area (TPSA) is 151 Å². The number of hydrogen-bond donors (Lipinski definition) is 2. The maximum Gasteiger partial charge on any atom is 0.490 e. The number of aryl methyl sites for hydroxylation is 1. The van der Waals surface area contributed by atoms with Gasteiger partial charge in [0.15, 0.2) is 0 Å². The number of hydrogen-bond acceptors (Lipinski definition) is 9. The van der Waals surface area contributed by atoms with E-state index >= 15 is 0 Å². The van der Waals surface area contributed by atoms with Crippen LogP contribution in [0.2, 0.25) is 0 Å². The third-order valence-corrected chi connectivity index (χ3v) is 8.94. The van der Waals surface area contributed by atoms with E-state index in [1.807, 2.05) is 0 Å². The predicted molar refractivity (Wildman–Crippen MR) is 128 cm³/mol. The Hall–Kier alpha value is -3.51. The number of nitrogens with zero attached hydrogens (tertiary/aromatic N) is 4. The minimum atomic E-state index is -5.64. The van der Waals surface area contributed by atoms with Crippen molar-refractivity contribution in [1.82, 2.24) is 24.1 Å². The number of nitrogen functional groups attached to an aromatic ring is 1. The van der Waals surface area contributed by atoms with Crippen molar-refractivity contribution in [2.75, 3.05) is 12.3 Å². The third kappa shape index (κ3) is 5.30. The molecule has 18 heteroatoms. The number of sulfonamides is 1. The molecule has 2 aliphatic heterocycles. The van der Waals surface area contributed by atoms with E-state index in [0.717, 1.165) is 0 Å². The standard InChI is InChI=1S/C23H22F6N6O5S/c1-12-2-3-13(8-14(12)15-9-35-18(30)31-11-32-19(35)33-15)41(37,38)34-20-4-6-21(7-5-20,39-10-20)16(22(24,25)26)40-17(36)23(27,28)29/h2-3,8-9,11,16,34H,4-7,10H2,1H3,(H2,30,31,32,33). The van der Waals surface area contributed by atoms with Crippen molar-refractivity contribution >= 4 is 27.7 Å². The van der Waals surface area contributed by atoms with E-state index in [0.29, 0.717) is 16.8 Å². The van der Waals surface area contributed by atoms with E-state index in [1.165, 1.54) is 29.1 Å². The van der Waals surface area contributed by atoms with Crippen molar-refractivity contribution in [3.8, 4) is 11.3 Å². The molecule has 1 aliphatic carbocycles. The first-order valence-corrected chi connectivity index (χ1v) is 13.5. The van der Waals surface area contributed by atoms with Crippen molar-refractivity contribution in [1.29, 1.82) is 0 Å². The van der Waals surface area contributed by atoms with Gasteiger partial charge in [-0.25, -0.2) is 32.9 Å². The molecule has 11 nitrogen and oxygen atoms in total. The summed E-state index contributed by atoms with van der Waals surface area (Å²) in [5.41, 5.74) is 3.70. The Balaban J connectivity index is 1.37. The lowest BCUT2D eigenvalue weighted by Crippen LogP contribution is -2.68. The van der Waals surface area contributed by atoms with Crippen LogP contribution in [0, 0.1) is 6.92 Å². The average molecular weight is 609 g/mol. The van der Waals surface area contributed by atoms with Gasteiger partial charge in [0.05, 0.1) is 22.7 Å². The molecule has 0 amide bonds. The summed E-state index contributed by atoms with van der Waals surface area (Å²) >= 11 is 0. The van der Waals surface area contributed by atoms with Crippen LogP contribution in [0.4, 0.5) is 32.3 Å². The first-order valence-electron chi connectivity index (χ1n) is 12.0. The van der Waals surface area contributed by atoms with E-state index < -0.39 is 65.0 Å². The highest BCUT2D eigenvalue weighted by molar-refractivity contribution is 7.89. The Kier molecular flexibility index (Phi) is 6.73. The molecule has 1 saturated carbocycles. The van der Waals surface area contributed by atoms with Gasteiger partial charge in [0.1, 0.15) is 11.9 Å². The number of aromatic nitrogens is 4. The zero-order valence-electron chi connectivity index (χ0n) is 21.1. The molecule has 0 radical (unpaired) electrons. The van der Waals surface area contributed by atoms with Crippen LogP contribution in [0.15, 0.2) is 35.6 Å². The second-order valence-electron chi connectivity index (χ2n) is 10.1. The summed E-state index contributed by atoms with van der Waals surface area (Å²) in [6.45, 7) is 1.15. The number of halogens is 6. The van der Waals surface area contributed by atoms with E-state index in [2.05, 4.69) is 24.4 Å². The minimum Gasteiger partial charge on any atom is -0.443 e. The number of ether oxygens (including phenoxy) is 2. The van der Waals surface area contributed by atoms with Gasteiger partial charge in [-0.05, 0) is 50.3 Å². The third-order valence-electron chi connectivity index (χ3n) is 7.36. The fourth-order valence-corrected chi connectivity index (χ4v) is 6.66. The van der Waals surface area contributed by atoms with Gasteiger partial charge in [0, 0.05) is 11.8 Å². The number of nitrogens with two attached hydrogens (primary N) is 1. The number of carbonyl (C=O) groups is 1. The Morgan fingerprint density at radius 2 is 1.83 bits per heavy atom. The molecule has 1 aromatic carbocycles.